The van der Waals surface area contributed by atoms with E-state index in [4.69, 9.17) is 10.5 Å². The summed E-state index contributed by atoms with van der Waals surface area (Å²) in [4.78, 5) is 11.4. The van der Waals surface area contributed by atoms with Crippen molar-refractivity contribution in [3.05, 3.63) is 23.8 Å². The zero-order chi connectivity index (χ0) is 13.4. The molecule has 5 heteroatoms. The van der Waals surface area contributed by atoms with Crippen LogP contribution in [0.5, 0.6) is 5.75 Å². The third kappa shape index (κ3) is 6.45. The summed E-state index contributed by atoms with van der Waals surface area (Å²) < 4.78 is 5.60. The molecular formula is C14H23ClN2O2. The van der Waals surface area contributed by atoms with Gasteiger partial charge in [0.25, 0.3) is 0 Å². The van der Waals surface area contributed by atoms with Crippen LogP contribution in [0, 0.1) is 6.92 Å². The molecule has 108 valence electrons. The lowest BCUT2D eigenvalue weighted by Gasteiger charge is -2.11. The average molecular weight is 287 g/mol. The molecule has 0 radical (unpaired) electrons. The van der Waals surface area contributed by atoms with E-state index >= 15 is 0 Å². The second-order valence-electron chi connectivity index (χ2n) is 4.27. The number of ether oxygens (including phenoxy) is 1. The first-order chi connectivity index (χ1) is 8.67. The zero-order valence-electron chi connectivity index (χ0n) is 11.6. The summed E-state index contributed by atoms with van der Waals surface area (Å²) in [6.07, 6.45) is 2.51. The summed E-state index contributed by atoms with van der Waals surface area (Å²) >= 11 is 0. The fourth-order valence-electron chi connectivity index (χ4n) is 1.54. The summed E-state index contributed by atoms with van der Waals surface area (Å²) in [6, 6.07) is 5.68. The number of halogens is 1. The van der Waals surface area contributed by atoms with Crippen molar-refractivity contribution in [2.24, 2.45) is 5.73 Å². The minimum Gasteiger partial charge on any atom is -0.494 e. The van der Waals surface area contributed by atoms with Crippen molar-refractivity contribution in [1.82, 2.24) is 0 Å². The highest BCUT2D eigenvalue weighted by atomic mass is 35.5. The number of unbranched alkanes of at least 4 members (excludes halogenated alkanes) is 1. The Labute approximate surface area is 121 Å². The van der Waals surface area contributed by atoms with Gasteiger partial charge in [-0.05, 0) is 37.1 Å². The van der Waals surface area contributed by atoms with E-state index in [9.17, 15) is 4.79 Å². The van der Waals surface area contributed by atoms with E-state index in [-0.39, 0.29) is 18.3 Å². The van der Waals surface area contributed by atoms with Crippen LogP contribution in [0.2, 0.25) is 0 Å². The van der Waals surface area contributed by atoms with Gasteiger partial charge in [-0.3, -0.25) is 4.79 Å². The van der Waals surface area contributed by atoms with Crippen LogP contribution in [-0.2, 0) is 4.79 Å². The van der Waals surface area contributed by atoms with Gasteiger partial charge in [0.2, 0.25) is 5.91 Å². The molecule has 1 aromatic rings. The van der Waals surface area contributed by atoms with Gasteiger partial charge in [0, 0.05) is 18.7 Å². The van der Waals surface area contributed by atoms with E-state index in [1.54, 1.807) is 0 Å². The van der Waals surface area contributed by atoms with Crippen LogP contribution >= 0.6 is 12.4 Å². The van der Waals surface area contributed by atoms with Gasteiger partial charge < -0.3 is 15.8 Å². The second kappa shape index (κ2) is 9.64. The summed E-state index contributed by atoms with van der Waals surface area (Å²) in [6.45, 7) is 5.17. The van der Waals surface area contributed by atoms with E-state index in [0.29, 0.717) is 13.0 Å². The van der Waals surface area contributed by atoms with Crippen LogP contribution in [0.25, 0.3) is 0 Å². The Morgan fingerprint density at radius 2 is 2.16 bits per heavy atom. The Hall–Kier alpha value is -1.26. The molecule has 4 nitrogen and oxygen atoms in total. The SMILES string of the molecule is CCCCOc1ccc(NC(=O)CCN)c(C)c1.Cl. The number of carbonyl (C=O) groups excluding carboxylic acids is 1. The molecule has 1 amide bonds. The highest BCUT2D eigenvalue weighted by Crippen LogP contribution is 2.21. The van der Waals surface area contributed by atoms with Crippen LogP contribution in [0.15, 0.2) is 18.2 Å². The highest BCUT2D eigenvalue weighted by Gasteiger charge is 2.05. The van der Waals surface area contributed by atoms with Gasteiger partial charge in [0.1, 0.15) is 5.75 Å². The standard InChI is InChI=1S/C14H22N2O2.ClH/c1-3-4-9-18-12-5-6-13(11(2)10-12)16-14(17)7-8-15;/h5-6,10H,3-4,7-9,15H2,1-2H3,(H,16,17);1H. The lowest BCUT2D eigenvalue weighted by molar-refractivity contribution is -0.116. The quantitative estimate of drug-likeness (QED) is 0.758. The molecule has 0 aliphatic heterocycles. The molecular weight excluding hydrogens is 264 g/mol. The average Bonchev–Trinajstić information content (AvgIpc) is 2.33. The van der Waals surface area contributed by atoms with Crippen LogP contribution in [0.4, 0.5) is 5.69 Å². The smallest absolute Gasteiger partial charge is 0.225 e. The van der Waals surface area contributed by atoms with E-state index in [1.807, 2.05) is 25.1 Å². The maximum atomic E-state index is 11.4. The molecule has 0 fully saturated rings. The van der Waals surface area contributed by atoms with E-state index in [2.05, 4.69) is 12.2 Å². The lowest BCUT2D eigenvalue weighted by atomic mass is 10.2. The molecule has 0 aliphatic carbocycles. The molecule has 0 unspecified atom stereocenters. The predicted octanol–water partition coefficient (Wildman–Crippen LogP) is 2.88. The molecule has 0 heterocycles. The van der Waals surface area contributed by atoms with Gasteiger partial charge in [-0.15, -0.1) is 12.4 Å². The third-order valence-electron chi connectivity index (χ3n) is 2.61. The van der Waals surface area contributed by atoms with Gasteiger partial charge in [-0.2, -0.15) is 0 Å². The van der Waals surface area contributed by atoms with Gasteiger partial charge >= 0.3 is 0 Å². The molecule has 0 spiro atoms. The first-order valence-electron chi connectivity index (χ1n) is 6.40. The van der Waals surface area contributed by atoms with Crippen molar-refractivity contribution < 1.29 is 9.53 Å². The first kappa shape index (κ1) is 17.7. The topological polar surface area (TPSA) is 64.3 Å². The molecule has 0 atom stereocenters. The zero-order valence-corrected chi connectivity index (χ0v) is 12.4. The van der Waals surface area contributed by atoms with Crippen molar-refractivity contribution in [3.63, 3.8) is 0 Å². The number of hydrogen-bond donors (Lipinski definition) is 2. The molecule has 19 heavy (non-hydrogen) atoms. The fourth-order valence-corrected chi connectivity index (χ4v) is 1.54. The number of anilines is 1. The Balaban J connectivity index is 0.00000324. The molecule has 1 aromatic carbocycles. The maximum Gasteiger partial charge on any atom is 0.225 e. The summed E-state index contributed by atoms with van der Waals surface area (Å²) in [7, 11) is 0. The number of benzene rings is 1. The minimum atomic E-state index is -0.0553. The number of carbonyl (C=O) groups is 1. The Morgan fingerprint density at radius 3 is 2.74 bits per heavy atom. The molecule has 1 rings (SSSR count). The van der Waals surface area contributed by atoms with Crippen molar-refractivity contribution in [1.29, 1.82) is 0 Å². The Kier molecular flexibility index (Phi) is 9.00. The lowest BCUT2D eigenvalue weighted by Crippen LogP contribution is -2.16. The van der Waals surface area contributed by atoms with Crippen molar-refractivity contribution in [3.8, 4) is 5.75 Å². The Bertz CT molecular complexity index is 397. The molecule has 0 aliphatic rings. The molecule has 0 saturated heterocycles. The van der Waals surface area contributed by atoms with Crippen molar-refractivity contribution in [2.45, 2.75) is 33.1 Å². The van der Waals surface area contributed by atoms with E-state index in [1.165, 1.54) is 0 Å². The van der Waals surface area contributed by atoms with E-state index < -0.39 is 0 Å². The number of nitrogens with one attached hydrogen (secondary N) is 1. The second-order valence-corrected chi connectivity index (χ2v) is 4.27. The number of nitrogens with two attached hydrogens (primary N) is 1. The summed E-state index contributed by atoms with van der Waals surface area (Å²) in [5.74, 6) is 0.790. The van der Waals surface area contributed by atoms with Gasteiger partial charge in [-0.1, -0.05) is 13.3 Å². The summed E-state index contributed by atoms with van der Waals surface area (Å²) in [5, 5.41) is 2.83. The number of hydrogen-bond acceptors (Lipinski definition) is 3. The molecule has 3 N–H and O–H groups in total. The monoisotopic (exact) mass is 286 g/mol. The van der Waals surface area contributed by atoms with Gasteiger partial charge in [0.15, 0.2) is 0 Å². The fraction of sp³-hybridized carbons (Fsp3) is 0.500. The molecule has 0 saturated carbocycles. The number of aryl methyl sites for hydroxylation is 1. The van der Waals surface area contributed by atoms with Crippen LogP contribution in [0.3, 0.4) is 0 Å². The molecule has 0 aromatic heterocycles. The van der Waals surface area contributed by atoms with Crippen molar-refractivity contribution >= 4 is 24.0 Å². The molecule has 0 bridgehead atoms. The van der Waals surface area contributed by atoms with Crippen LogP contribution in [-0.4, -0.2) is 19.1 Å². The highest BCUT2D eigenvalue weighted by molar-refractivity contribution is 5.91. The van der Waals surface area contributed by atoms with Crippen LogP contribution < -0.4 is 15.8 Å². The number of amides is 1. The normalized spacial score (nSPS) is 9.63. The van der Waals surface area contributed by atoms with Crippen LogP contribution in [0.1, 0.15) is 31.7 Å². The number of rotatable bonds is 7. The maximum absolute atomic E-state index is 11.4. The van der Waals surface area contributed by atoms with Gasteiger partial charge in [0.05, 0.1) is 6.61 Å². The van der Waals surface area contributed by atoms with E-state index in [0.717, 1.165) is 36.4 Å². The minimum absolute atomic E-state index is 0. The third-order valence-corrected chi connectivity index (χ3v) is 2.61. The predicted molar refractivity (Wildman–Crippen MR) is 81.1 cm³/mol. The largest absolute Gasteiger partial charge is 0.494 e. The Morgan fingerprint density at radius 1 is 1.42 bits per heavy atom. The van der Waals surface area contributed by atoms with Crippen molar-refractivity contribution in [2.75, 3.05) is 18.5 Å². The first-order valence-corrected chi connectivity index (χ1v) is 6.40. The van der Waals surface area contributed by atoms with Gasteiger partial charge in [-0.25, -0.2) is 0 Å². The summed E-state index contributed by atoms with van der Waals surface area (Å²) in [5.41, 5.74) is 7.14.